The van der Waals surface area contributed by atoms with Crippen LogP contribution in [0.1, 0.15) is 28.4 Å². The van der Waals surface area contributed by atoms with Crippen molar-refractivity contribution in [2.24, 2.45) is 0 Å². The van der Waals surface area contributed by atoms with Gasteiger partial charge in [-0.05, 0) is 84.3 Å². The van der Waals surface area contributed by atoms with E-state index in [0.29, 0.717) is 28.1 Å². The number of amides is 2. The SMILES string of the molecule is CCOc1ccc(C(=O)NC(=S)NNC(=O)COc2cccc(C)c2C)cc1Br. The first kappa shape index (κ1) is 22.6. The van der Waals surface area contributed by atoms with Crippen LogP contribution < -0.4 is 25.6 Å². The number of hydrazine groups is 1. The van der Waals surface area contributed by atoms with E-state index in [9.17, 15) is 9.59 Å². The van der Waals surface area contributed by atoms with E-state index in [1.54, 1.807) is 24.3 Å². The summed E-state index contributed by atoms with van der Waals surface area (Å²) >= 11 is 8.38. The average molecular weight is 480 g/mol. The van der Waals surface area contributed by atoms with Crippen molar-refractivity contribution in [3.63, 3.8) is 0 Å². The summed E-state index contributed by atoms with van der Waals surface area (Å²) in [4.78, 5) is 24.2. The van der Waals surface area contributed by atoms with E-state index in [1.165, 1.54) is 0 Å². The van der Waals surface area contributed by atoms with Gasteiger partial charge in [0.15, 0.2) is 11.7 Å². The van der Waals surface area contributed by atoms with E-state index in [0.717, 1.165) is 11.1 Å². The minimum Gasteiger partial charge on any atom is -0.493 e. The van der Waals surface area contributed by atoms with Gasteiger partial charge in [0.2, 0.25) is 0 Å². The van der Waals surface area contributed by atoms with E-state index in [4.69, 9.17) is 21.7 Å². The molecule has 0 saturated heterocycles. The average Bonchev–Trinajstić information content (AvgIpc) is 2.69. The van der Waals surface area contributed by atoms with Gasteiger partial charge in [0.25, 0.3) is 11.8 Å². The third kappa shape index (κ3) is 6.72. The maximum atomic E-state index is 12.3. The number of ether oxygens (including phenoxy) is 2. The molecule has 0 bridgehead atoms. The van der Waals surface area contributed by atoms with E-state index in [1.807, 2.05) is 32.9 Å². The lowest BCUT2D eigenvalue weighted by Gasteiger charge is -2.13. The molecular weight excluding hydrogens is 458 g/mol. The van der Waals surface area contributed by atoms with Crippen molar-refractivity contribution in [1.29, 1.82) is 0 Å². The Bertz CT molecular complexity index is 921. The molecule has 3 N–H and O–H groups in total. The van der Waals surface area contributed by atoms with Crippen molar-refractivity contribution in [2.45, 2.75) is 20.8 Å². The van der Waals surface area contributed by atoms with E-state index in [2.05, 4.69) is 32.1 Å². The second-order valence-corrected chi connectivity index (χ2v) is 7.28. The van der Waals surface area contributed by atoms with E-state index in [-0.39, 0.29) is 11.7 Å². The second-order valence-electron chi connectivity index (χ2n) is 6.02. The van der Waals surface area contributed by atoms with Crippen LogP contribution in [0.3, 0.4) is 0 Å². The van der Waals surface area contributed by atoms with Crippen molar-refractivity contribution in [1.82, 2.24) is 16.2 Å². The Balaban J connectivity index is 1.80. The minimum atomic E-state index is -0.439. The molecule has 2 rings (SSSR count). The zero-order valence-electron chi connectivity index (χ0n) is 16.3. The Morgan fingerprint density at radius 1 is 1.07 bits per heavy atom. The molecule has 0 aliphatic carbocycles. The number of thiocarbonyl (C=S) groups is 1. The van der Waals surface area contributed by atoms with Gasteiger partial charge in [-0.15, -0.1) is 0 Å². The van der Waals surface area contributed by atoms with Gasteiger partial charge in [-0.1, -0.05) is 12.1 Å². The molecule has 29 heavy (non-hydrogen) atoms. The quantitative estimate of drug-likeness (QED) is 0.435. The van der Waals surface area contributed by atoms with Gasteiger partial charge in [-0.2, -0.15) is 0 Å². The molecule has 0 saturated carbocycles. The van der Waals surface area contributed by atoms with Crippen LogP contribution in [0.15, 0.2) is 40.9 Å². The summed E-state index contributed by atoms with van der Waals surface area (Å²) in [5.74, 6) is 0.413. The van der Waals surface area contributed by atoms with Gasteiger partial charge in [0.05, 0.1) is 11.1 Å². The van der Waals surface area contributed by atoms with Gasteiger partial charge in [0, 0.05) is 5.56 Å². The first-order chi connectivity index (χ1) is 13.8. The molecule has 0 aromatic heterocycles. The summed E-state index contributed by atoms with van der Waals surface area (Å²) in [7, 11) is 0. The third-order valence-electron chi connectivity index (χ3n) is 3.95. The van der Waals surface area contributed by atoms with Gasteiger partial charge in [-0.25, -0.2) is 0 Å². The number of halogens is 1. The van der Waals surface area contributed by atoms with E-state index < -0.39 is 11.8 Å². The number of carbonyl (C=O) groups excluding carboxylic acids is 2. The smallest absolute Gasteiger partial charge is 0.276 e. The Morgan fingerprint density at radius 3 is 2.52 bits per heavy atom. The molecule has 0 fully saturated rings. The normalized spacial score (nSPS) is 10.1. The Hall–Kier alpha value is -2.65. The summed E-state index contributed by atoms with van der Waals surface area (Å²) in [6.45, 7) is 6.09. The summed E-state index contributed by atoms with van der Waals surface area (Å²) in [5, 5.41) is 2.44. The lowest BCUT2D eigenvalue weighted by atomic mass is 10.1. The molecule has 2 aromatic carbocycles. The lowest BCUT2D eigenvalue weighted by molar-refractivity contribution is -0.123. The van der Waals surface area contributed by atoms with Crippen molar-refractivity contribution in [3.8, 4) is 11.5 Å². The van der Waals surface area contributed by atoms with Gasteiger partial charge in [-0.3, -0.25) is 25.8 Å². The number of nitrogens with one attached hydrogen (secondary N) is 3. The van der Waals surface area contributed by atoms with Crippen molar-refractivity contribution >= 4 is 45.1 Å². The van der Waals surface area contributed by atoms with Crippen LogP contribution >= 0.6 is 28.1 Å². The van der Waals surface area contributed by atoms with Gasteiger partial charge >= 0.3 is 0 Å². The van der Waals surface area contributed by atoms with Crippen molar-refractivity contribution in [3.05, 3.63) is 57.6 Å². The highest BCUT2D eigenvalue weighted by Crippen LogP contribution is 2.26. The van der Waals surface area contributed by atoms with Crippen LogP contribution in [0.2, 0.25) is 0 Å². The van der Waals surface area contributed by atoms with Crippen molar-refractivity contribution < 1.29 is 19.1 Å². The highest BCUT2D eigenvalue weighted by atomic mass is 79.9. The molecule has 0 aliphatic rings. The number of rotatable bonds is 6. The fraction of sp³-hybridized carbons (Fsp3) is 0.250. The standard InChI is InChI=1S/C20H22BrN3O4S/c1-4-27-17-9-8-14(10-15(17)21)19(26)22-20(29)24-23-18(25)11-28-16-7-5-6-12(2)13(16)3/h5-10H,4,11H2,1-3H3,(H,23,25)(H2,22,24,26,29). The maximum Gasteiger partial charge on any atom is 0.276 e. The summed E-state index contributed by atoms with van der Waals surface area (Å²) in [6.07, 6.45) is 0. The molecule has 0 atom stereocenters. The minimum absolute atomic E-state index is 0.0416. The molecule has 7 nitrogen and oxygen atoms in total. The fourth-order valence-corrected chi connectivity index (χ4v) is 2.94. The molecule has 0 unspecified atom stereocenters. The Morgan fingerprint density at radius 2 is 1.83 bits per heavy atom. The van der Waals surface area contributed by atoms with Crippen LogP contribution in [0, 0.1) is 13.8 Å². The maximum absolute atomic E-state index is 12.3. The van der Waals surface area contributed by atoms with Crippen LogP contribution in [0.25, 0.3) is 0 Å². The van der Waals surface area contributed by atoms with Crippen LogP contribution in [-0.4, -0.2) is 30.1 Å². The molecule has 0 spiro atoms. The predicted octanol–water partition coefficient (Wildman–Crippen LogP) is 3.18. The number of aryl methyl sites for hydroxylation is 1. The molecule has 2 aromatic rings. The first-order valence-corrected chi connectivity index (χ1v) is 10.0. The molecule has 0 aliphatic heterocycles. The number of carbonyl (C=O) groups is 2. The highest BCUT2D eigenvalue weighted by Gasteiger charge is 2.12. The molecule has 0 heterocycles. The van der Waals surface area contributed by atoms with E-state index >= 15 is 0 Å². The fourth-order valence-electron chi connectivity index (χ4n) is 2.31. The first-order valence-electron chi connectivity index (χ1n) is 8.83. The largest absolute Gasteiger partial charge is 0.493 e. The Labute approximate surface area is 183 Å². The molecule has 9 heteroatoms. The Kier molecular flexibility index (Phi) is 8.41. The zero-order chi connectivity index (χ0) is 21.4. The highest BCUT2D eigenvalue weighted by molar-refractivity contribution is 9.10. The van der Waals surface area contributed by atoms with Crippen LogP contribution in [0.5, 0.6) is 11.5 Å². The second kappa shape index (κ2) is 10.8. The molecule has 154 valence electrons. The third-order valence-corrected chi connectivity index (χ3v) is 4.77. The molecule has 0 radical (unpaired) electrons. The topological polar surface area (TPSA) is 88.7 Å². The lowest BCUT2D eigenvalue weighted by Crippen LogP contribution is -2.49. The van der Waals surface area contributed by atoms with Crippen LogP contribution in [-0.2, 0) is 4.79 Å². The van der Waals surface area contributed by atoms with Crippen LogP contribution in [0.4, 0.5) is 0 Å². The van der Waals surface area contributed by atoms with Gasteiger partial charge < -0.3 is 9.47 Å². The summed E-state index contributed by atoms with van der Waals surface area (Å²) in [5.41, 5.74) is 7.29. The zero-order valence-corrected chi connectivity index (χ0v) is 18.7. The predicted molar refractivity (Wildman–Crippen MR) is 118 cm³/mol. The number of hydrogen-bond donors (Lipinski definition) is 3. The number of hydrogen-bond acceptors (Lipinski definition) is 5. The van der Waals surface area contributed by atoms with Gasteiger partial charge in [0.1, 0.15) is 11.5 Å². The summed E-state index contributed by atoms with van der Waals surface area (Å²) < 4.78 is 11.6. The monoisotopic (exact) mass is 479 g/mol. The number of benzene rings is 2. The van der Waals surface area contributed by atoms with Crippen molar-refractivity contribution in [2.75, 3.05) is 13.2 Å². The molecule has 2 amide bonds. The molecular formula is C20H22BrN3O4S. The summed E-state index contributed by atoms with van der Waals surface area (Å²) in [6, 6.07) is 10.5.